The number of oxazole rings is 1. The molecule has 1 amide bonds. The van der Waals surface area contributed by atoms with E-state index in [1.54, 1.807) is 0 Å². The summed E-state index contributed by atoms with van der Waals surface area (Å²) in [5.74, 6) is -1.92. The standard InChI is InChI=1S/C10H11ClN2O6S/c1-18-9(15)7-3-12-10(19-7)13-4-6(2-8(13)14)5-20(11,16)17/h3,6H,2,4-5H2,1H3. The second kappa shape index (κ2) is 5.41. The number of anilines is 1. The second-order valence-electron chi connectivity index (χ2n) is 4.28. The first-order chi connectivity index (χ1) is 9.30. The lowest BCUT2D eigenvalue weighted by Gasteiger charge is -2.10. The van der Waals surface area contributed by atoms with Crippen molar-refractivity contribution in [2.45, 2.75) is 6.42 Å². The molecule has 20 heavy (non-hydrogen) atoms. The Hall–Kier alpha value is -1.61. The van der Waals surface area contributed by atoms with Crippen LogP contribution in [0.15, 0.2) is 10.6 Å². The summed E-state index contributed by atoms with van der Waals surface area (Å²) in [5.41, 5.74) is 0. The highest BCUT2D eigenvalue weighted by atomic mass is 35.7. The third-order valence-electron chi connectivity index (χ3n) is 2.75. The number of ether oxygens (including phenoxy) is 1. The highest BCUT2D eigenvalue weighted by Crippen LogP contribution is 2.26. The Morgan fingerprint density at radius 2 is 2.35 bits per heavy atom. The number of halogens is 1. The average Bonchev–Trinajstić information content (AvgIpc) is 2.92. The number of amides is 1. The Kier molecular flexibility index (Phi) is 4.00. The fourth-order valence-electron chi connectivity index (χ4n) is 1.94. The predicted molar refractivity (Wildman–Crippen MR) is 67.9 cm³/mol. The molecule has 1 unspecified atom stereocenters. The maximum atomic E-state index is 11.8. The van der Waals surface area contributed by atoms with Crippen LogP contribution in [0.3, 0.4) is 0 Å². The minimum atomic E-state index is -3.68. The van der Waals surface area contributed by atoms with Gasteiger partial charge in [0.05, 0.1) is 19.1 Å². The van der Waals surface area contributed by atoms with Gasteiger partial charge in [-0.05, 0) is 0 Å². The van der Waals surface area contributed by atoms with Crippen LogP contribution in [0.4, 0.5) is 6.01 Å². The zero-order valence-corrected chi connectivity index (χ0v) is 12.0. The SMILES string of the molecule is COC(=O)c1cnc(N2CC(CS(=O)(=O)Cl)CC2=O)o1. The molecule has 2 rings (SSSR count). The van der Waals surface area contributed by atoms with Crippen LogP contribution in [0, 0.1) is 5.92 Å². The van der Waals surface area contributed by atoms with Gasteiger partial charge in [-0.2, -0.15) is 0 Å². The van der Waals surface area contributed by atoms with E-state index in [0.29, 0.717) is 0 Å². The number of carbonyl (C=O) groups excluding carboxylic acids is 2. The number of methoxy groups -OCH3 is 1. The summed E-state index contributed by atoms with van der Waals surface area (Å²) in [6.45, 7) is 0.117. The molecule has 0 saturated carbocycles. The van der Waals surface area contributed by atoms with E-state index >= 15 is 0 Å². The monoisotopic (exact) mass is 322 g/mol. The summed E-state index contributed by atoms with van der Waals surface area (Å²) in [6, 6.07) is -0.0649. The molecule has 1 aliphatic heterocycles. The number of hydrogen-bond acceptors (Lipinski definition) is 7. The lowest BCUT2D eigenvalue weighted by Crippen LogP contribution is -2.25. The molecule has 1 aliphatic rings. The van der Waals surface area contributed by atoms with E-state index < -0.39 is 20.9 Å². The van der Waals surface area contributed by atoms with Gasteiger partial charge >= 0.3 is 12.0 Å². The maximum absolute atomic E-state index is 11.8. The number of carbonyl (C=O) groups is 2. The van der Waals surface area contributed by atoms with Crippen molar-refractivity contribution in [3.63, 3.8) is 0 Å². The van der Waals surface area contributed by atoms with Crippen LogP contribution in [-0.2, 0) is 18.6 Å². The van der Waals surface area contributed by atoms with E-state index in [1.165, 1.54) is 12.0 Å². The lowest BCUT2D eigenvalue weighted by molar-refractivity contribution is -0.117. The topological polar surface area (TPSA) is 107 Å². The number of hydrogen-bond donors (Lipinski definition) is 0. The molecule has 8 nitrogen and oxygen atoms in total. The Balaban J connectivity index is 2.12. The summed E-state index contributed by atoms with van der Waals surface area (Å²) < 4.78 is 31.6. The van der Waals surface area contributed by atoms with E-state index in [1.807, 2.05) is 0 Å². The number of aromatic nitrogens is 1. The van der Waals surface area contributed by atoms with Gasteiger partial charge in [-0.25, -0.2) is 18.2 Å². The number of nitrogens with zero attached hydrogens (tertiary/aromatic N) is 2. The van der Waals surface area contributed by atoms with Crippen LogP contribution in [0.5, 0.6) is 0 Å². The highest BCUT2D eigenvalue weighted by Gasteiger charge is 2.35. The summed E-state index contributed by atoms with van der Waals surface area (Å²) >= 11 is 0. The van der Waals surface area contributed by atoms with Crippen LogP contribution in [0.25, 0.3) is 0 Å². The Labute approximate surface area is 119 Å². The summed E-state index contributed by atoms with van der Waals surface area (Å²) in [4.78, 5) is 28.0. The predicted octanol–water partition coefficient (Wildman–Crippen LogP) is 0.383. The zero-order chi connectivity index (χ0) is 14.9. The molecule has 0 aromatic carbocycles. The molecule has 1 saturated heterocycles. The van der Waals surface area contributed by atoms with E-state index in [4.69, 9.17) is 15.1 Å². The Morgan fingerprint density at radius 1 is 1.65 bits per heavy atom. The van der Waals surface area contributed by atoms with Crippen LogP contribution in [0.2, 0.25) is 0 Å². The third-order valence-corrected chi connectivity index (χ3v) is 4.00. The smallest absolute Gasteiger partial charge is 0.375 e. The van der Waals surface area contributed by atoms with Crippen molar-refractivity contribution in [2.24, 2.45) is 5.92 Å². The van der Waals surface area contributed by atoms with Gasteiger partial charge in [0, 0.05) is 29.6 Å². The minimum absolute atomic E-state index is 0.0297. The van der Waals surface area contributed by atoms with Gasteiger partial charge in [0.15, 0.2) is 0 Å². The first kappa shape index (κ1) is 14.8. The molecule has 0 radical (unpaired) electrons. The lowest BCUT2D eigenvalue weighted by atomic mass is 10.1. The van der Waals surface area contributed by atoms with E-state index in [9.17, 15) is 18.0 Å². The molecule has 0 N–H and O–H groups in total. The molecule has 0 aliphatic carbocycles. The van der Waals surface area contributed by atoms with Crippen molar-refractivity contribution >= 4 is 37.6 Å². The van der Waals surface area contributed by atoms with Gasteiger partial charge in [-0.15, -0.1) is 0 Å². The molecular formula is C10H11ClN2O6S. The van der Waals surface area contributed by atoms with Crippen molar-refractivity contribution < 1.29 is 27.2 Å². The van der Waals surface area contributed by atoms with Gasteiger partial charge in [0.2, 0.25) is 20.7 Å². The van der Waals surface area contributed by atoms with Crippen molar-refractivity contribution in [1.82, 2.24) is 4.98 Å². The third kappa shape index (κ3) is 3.28. The molecular weight excluding hydrogens is 312 g/mol. The largest absolute Gasteiger partial charge is 0.463 e. The van der Waals surface area contributed by atoms with Crippen LogP contribution in [-0.4, -0.2) is 44.7 Å². The minimum Gasteiger partial charge on any atom is -0.463 e. The van der Waals surface area contributed by atoms with Crippen LogP contribution >= 0.6 is 10.7 Å². The molecule has 1 aromatic heterocycles. The average molecular weight is 323 g/mol. The summed E-state index contributed by atoms with van der Waals surface area (Å²) in [7, 11) is 2.67. The fourth-order valence-corrected chi connectivity index (χ4v) is 3.27. The van der Waals surface area contributed by atoms with E-state index in [0.717, 1.165) is 6.20 Å². The molecule has 0 spiro atoms. The first-order valence-electron chi connectivity index (χ1n) is 5.57. The molecule has 10 heteroatoms. The second-order valence-corrected chi connectivity index (χ2v) is 7.10. The van der Waals surface area contributed by atoms with Gasteiger partial charge in [-0.1, -0.05) is 0 Å². The van der Waals surface area contributed by atoms with Crippen molar-refractivity contribution in [3.8, 4) is 0 Å². The van der Waals surface area contributed by atoms with Gasteiger partial charge in [0.25, 0.3) is 0 Å². The summed E-state index contributed by atoms with van der Waals surface area (Å²) in [6.07, 6.45) is 1.17. The van der Waals surface area contributed by atoms with Crippen molar-refractivity contribution in [1.29, 1.82) is 0 Å². The van der Waals surface area contributed by atoms with Gasteiger partial charge in [0.1, 0.15) is 0 Å². The van der Waals surface area contributed by atoms with Crippen LogP contribution < -0.4 is 4.90 Å². The molecule has 1 aromatic rings. The molecule has 2 heterocycles. The fraction of sp³-hybridized carbons (Fsp3) is 0.500. The van der Waals surface area contributed by atoms with Crippen molar-refractivity contribution in [3.05, 3.63) is 12.0 Å². The van der Waals surface area contributed by atoms with Crippen LogP contribution in [0.1, 0.15) is 17.0 Å². The number of rotatable bonds is 4. The summed E-state index contributed by atoms with van der Waals surface area (Å²) in [5, 5.41) is 0. The van der Waals surface area contributed by atoms with Crippen molar-refractivity contribution in [2.75, 3.05) is 24.3 Å². The zero-order valence-electron chi connectivity index (χ0n) is 10.4. The number of esters is 1. The molecule has 1 fully saturated rings. The maximum Gasteiger partial charge on any atom is 0.375 e. The highest BCUT2D eigenvalue weighted by molar-refractivity contribution is 8.13. The van der Waals surface area contributed by atoms with E-state index in [-0.39, 0.29) is 36.4 Å². The Morgan fingerprint density at radius 3 is 2.95 bits per heavy atom. The first-order valence-corrected chi connectivity index (χ1v) is 8.05. The van der Waals surface area contributed by atoms with Gasteiger partial charge < -0.3 is 9.15 Å². The van der Waals surface area contributed by atoms with E-state index in [2.05, 4.69) is 9.72 Å². The Bertz CT molecular complexity index is 640. The molecule has 110 valence electrons. The molecule has 0 bridgehead atoms. The normalized spacial score (nSPS) is 19.4. The molecule has 1 atom stereocenters. The quantitative estimate of drug-likeness (QED) is 0.582. The van der Waals surface area contributed by atoms with Gasteiger partial charge in [-0.3, -0.25) is 9.69 Å².